The van der Waals surface area contributed by atoms with Gasteiger partial charge in [-0.3, -0.25) is 4.68 Å². The van der Waals surface area contributed by atoms with Crippen LogP contribution in [0.5, 0.6) is 0 Å². The molecule has 0 aliphatic rings. The summed E-state index contributed by atoms with van der Waals surface area (Å²) in [6.07, 6.45) is 3.50. The number of hydrogen-bond acceptors (Lipinski definition) is 4. The lowest BCUT2D eigenvalue weighted by Gasteiger charge is -2.09. The van der Waals surface area contributed by atoms with E-state index in [0.717, 1.165) is 28.1 Å². The zero-order valence-corrected chi connectivity index (χ0v) is 11.8. The van der Waals surface area contributed by atoms with Crippen LogP contribution in [0.4, 0.5) is 0 Å². The summed E-state index contributed by atoms with van der Waals surface area (Å²) in [7, 11) is 0. The Balaban J connectivity index is 1.91. The molecule has 104 valence electrons. The number of fused-ring (bicyclic) bond motifs is 3. The van der Waals surface area contributed by atoms with Crippen LogP contribution in [0.1, 0.15) is 24.5 Å². The van der Waals surface area contributed by atoms with Crippen molar-refractivity contribution in [2.24, 2.45) is 0 Å². The van der Waals surface area contributed by atoms with Crippen molar-refractivity contribution in [3.63, 3.8) is 0 Å². The zero-order valence-electron chi connectivity index (χ0n) is 11.8. The van der Waals surface area contributed by atoms with Crippen LogP contribution in [0.3, 0.4) is 0 Å². The first-order chi connectivity index (χ1) is 10.2. The van der Waals surface area contributed by atoms with Crippen molar-refractivity contribution >= 4 is 16.6 Å². The highest BCUT2D eigenvalue weighted by Gasteiger charge is 2.17. The standard InChI is InChI=1S/C15H14N6/c1-10-7-8-17-21(10)11(2)14-18-15-12-5-3-4-6-13(12)16-9-20(15)19-14/h3-9,11H,1-2H3/t11-/m0/s1. The minimum absolute atomic E-state index is 0.0151. The average Bonchev–Trinajstić information content (AvgIpc) is 3.12. The van der Waals surface area contributed by atoms with Gasteiger partial charge in [-0.15, -0.1) is 5.10 Å². The van der Waals surface area contributed by atoms with E-state index in [1.54, 1.807) is 17.0 Å². The van der Waals surface area contributed by atoms with Crippen molar-refractivity contribution in [1.82, 2.24) is 29.4 Å². The quantitative estimate of drug-likeness (QED) is 0.565. The molecule has 0 aliphatic carbocycles. The summed E-state index contributed by atoms with van der Waals surface area (Å²) in [5.41, 5.74) is 2.84. The molecule has 6 nitrogen and oxygen atoms in total. The fourth-order valence-electron chi connectivity index (χ4n) is 2.57. The lowest BCUT2D eigenvalue weighted by molar-refractivity contribution is 0.523. The first-order valence-corrected chi connectivity index (χ1v) is 6.84. The van der Waals surface area contributed by atoms with Crippen LogP contribution in [0, 0.1) is 6.92 Å². The maximum absolute atomic E-state index is 4.69. The van der Waals surface area contributed by atoms with Crippen molar-refractivity contribution in [1.29, 1.82) is 0 Å². The van der Waals surface area contributed by atoms with Gasteiger partial charge in [0.1, 0.15) is 12.4 Å². The summed E-state index contributed by atoms with van der Waals surface area (Å²) in [4.78, 5) is 9.09. The summed E-state index contributed by atoms with van der Waals surface area (Å²) in [6, 6.07) is 9.91. The Hall–Kier alpha value is -2.76. The normalized spacial score (nSPS) is 13.0. The third kappa shape index (κ3) is 1.79. The Morgan fingerprint density at radius 3 is 2.81 bits per heavy atom. The summed E-state index contributed by atoms with van der Waals surface area (Å²) < 4.78 is 3.65. The Labute approximate surface area is 121 Å². The number of para-hydroxylation sites is 1. The molecule has 0 saturated heterocycles. The average molecular weight is 278 g/mol. The topological polar surface area (TPSA) is 60.9 Å². The van der Waals surface area contributed by atoms with Crippen LogP contribution >= 0.6 is 0 Å². The van der Waals surface area contributed by atoms with E-state index < -0.39 is 0 Å². The van der Waals surface area contributed by atoms with Gasteiger partial charge >= 0.3 is 0 Å². The summed E-state index contributed by atoms with van der Waals surface area (Å²) >= 11 is 0. The van der Waals surface area contributed by atoms with Gasteiger partial charge in [0.25, 0.3) is 0 Å². The van der Waals surface area contributed by atoms with Crippen LogP contribution < -0.4 is 0 Å². The fourth-order valence-corrected chi connectivity index (χ4v) is 2.57. The number of benzene rings is 1. The first-order valence-electron chi connectivity index (χ1n) is 6.84. The molecule has 0 saturated carbocycles. The molecule has 6 heteroatoms. The van der Waals surface area contributed by atoms with Gasteiger partial charge in [0.15, 0.2) is 11.5 Å². The lowest BCUT2D eigenvalue weighted by atomic mass is 10.2. The number of nitrogens with zero attached hydrogens (tertiary/aromatic N) is 6. The van der Waals surface area contributed by atoms with E-state index in [9.17, 15) is 0 Å². The van der Waals surface area contributed by atoms with Crippen molar-refractivity contribution in [3.8, 4) is 0 Å². The smallest absolute Gasteiger partial charge is 0.176 e. The number of aryl methyl sites for hydroxylation is 1. The van der Waals surface area contributed by atoms with E-state index in [2.05, 4.69) is 20.2 Å². The van der Waals surface area contributed by atoms with Gasteiger partial charge in [0.2, 0.25) is 0 Å². The highest BCUT2D eigenvalue weighted by Crippen LogP contribution is 2.20. The molecule has 1 atom stereocenters. The molecule has 0 fully saturated rings. The molecule has 0 N–H and O–H groups in total. The molecule has 4 aromatic rings. The third-order valence-electron chi connectivity index (χ3n) is 3.71. The molecule has 3 heterocycles. The molecule has 1 aromatic carbocycles. The molecule has 21 heavy (non-hydrogen) atoms. The molecule has 0 spiro atoms. The fraction of sp³-hybridized carbons (Fsp3) is 0.200. The number of aromatic nitrogens is 6. The van der Waals surface area contributed by atoms with Gasteiger partial charge in [-0.2, -0.15) is 5.10 Å². The summed E-state index contributed by atoms with van der Waals surface area (Å²) in [6.45, 7) is 4.07. The minimum Gasteiger partial charge on any atom is -0.259 e. The van der Waals surface area contributed by atoms with Gasteiger partial charge in [-0.25, -0.2) is 14.5 Å². The molecule has 0 bridgehead atoms. The molecular weight excluding hydrogens is 264 g/mol. The van der Waals surface area contributed by atoms with Crippen molar-refractivity contribution in [3.05, 3.63) is 54.4 Å². The minimum atomic E-state index is -0.0151. The van der Waals surface area contributed by atoms with Gasteiger partial charge in [0.05, 0.1) is 5.52 Å². The van der Waals surface area contributed by atoms with Crippen LogP contribution in [0.25, 0.3) is 16.6 Å². The lowest BCUT2D eigenvalue weighted by Crippen LogP contribution is -2.11. The first kappa shape index (κ1) is 12.0. The molecule has 0 radical (unpaired) electrons. The summed E-state index contributed by atoms with van der Waals surface area (Å²) in [5.74, 6) is 0.736. The van der Waals surface area contributed by atoms with E-state index in [4.69, 9.17) is 0 Å². The number of rotatable bonds is 2. The van der Waals surface area contributed by atoms with E-state index in [-0.39, 0.29) is 6.04 Å². The predicted molar refractivity (Wildman–Crippen MR) is 79.1 cm³/mol. The third-order valence-corrected chi connectivity index (χ3v) is 3.71. The molecule has 3 aromatic heterocycles. The summed E-state index contributed by atoms with van der Waals surface area (Å²) in [5, 5.41) is 9.88. The van der Waals surface area contributed by atoms with Crippen LogP contribution in [0.2, 0.25) is 0 Å². The largest absolute Gasteiger partial charge is 0.259 e. The van der Waals surface area contributed by atoms with Gasteiger partial charge < -0.3 is 0 Å². The highest BCUT2D eigenvalue weighted by atomic mass is 15.4. The second kappa shape index (κ2) is 4.37. The zero-order chi connectivity index (χ0) is 14.4. The monoisotopic (exact) mass is 278 g/mol. The van der Waals surface area contributed by atoms with E-state index in [0.29, 0.717) is 0 Å². The van der Waals surface area contributed by atoms with Gasteiger partial charge in [0, 0.05) is 17.3 Å². The van der Waals surface area contributed by atoms with Crippen molar-refractivity contribution < 1.29 is 0 Å². The van der Waals surface area contributed by atoms with Crippen LogP contribution in [-0.2, 0) is 0 Å². The van der Waals surface area contributed by atoms with E-state index >= 15 is 0 Å². The SMILES string of the molecule is Cc1ccnn1[C@@H](C)c1nc2c3ccccc3ncn2n1. The Morgan fingerprint density at radius 2 is 2.00 bits per heavy atom. The molecule has 0 unspecified atom stereocenters. The van der Waals surface area contributed by atoms with Gasteiger partial charge in [-0.05, 0) is 32.0 Å². The molecule has 0 amide bonds. The van der Waals surface area contributed by atoms with Gasteiger partial charge in [-0.1, -0.05) is 12.1 Å². The Bertz CT molecular complexity index is 936. The van der Waals surface area contributed by atoms with Crippen molar-refractivity contribution in [2.75, 3.05) is 0 Å². The second-order valence-corrected chi connectivity index (χ2v) is 5.09. The molecular formula is C15H14N6. The van der Waals surface area contributed by atoms with Crippen molar-refractivity contribution in [2.45, 2.75) is 19.9 Å². The van der Waals surface area contributed by atoms with E-state index in [1.165, 1.54) is 0 Å². The van der Waals surface area contributed by atoms with Crippen LogP contribution in [0.15, 0.2) is 42.9 Å². The maximum Gasteiger partial charge on any atom is 0.176 e. The van der Waals surface area contributed by atoms with Crippen LogP contribution in [-0.4, -0.2) is 29.4 Å². The predicted octanol–water partition coefficient (Wildman–Crippen LogP) is 2.39. The molecule has 4 rings (SSSR count). The number of hydrogen-bond donors (Lipinski definition) is 0. The Kier molecular flexibility index (Phi) is 2.50. The second-order valence-electron chi connectivity index (χ2n) is 5.09. The maximum atomic E-state index is 4.69. The Morgan fingerprint density at radius 1 is 1.14 bits per heavy atom. The van der Waals surface area contributed by atoms with E-state index in [1.807, 2.05) is 48.9 Å². The highest BCUT2D eigenvalue weighted by molar-refractivity contribution is 5.90. The molecule has 0 aliphatic heterocycles.